The zero-order chi connectivity index (χ0) is 12.9. The molecule has 0 amide bonds. The second kappa shape index (κ2) is 4.14. The number of carbonyl (C=O) groups is 1. The van der Waals surface area contributed by atoms with Crippen molar-refractivity contribution in [1.29, 1.82) is 0 Å². The zero-order valence-electron chi connectivity index (χ0n) is 9.36. The largest absolute Gasteiger partial charge is 0.409 e. The summed E-state index contributed by atoms with van der Waals surface area (Å²) in [6, 6.07) is 3.20. The van der Waals surface area contributed by atoms with E-state index in [0.29, 0.717) is 40.8 Å². The van der Waals surface area contributed by atoms with Crippen LogP contribution in [-0.4, -0.2) is 27.8 Å². The molecule has 1 fully saturated rings. The summed E-state index contributed by atoms with van der Waals surface area (Å²) in [6.07, 6.45) is 1.26. The number of ketones is 1. The summed E-state index contributed by atoms with van der Waals surface area (Å²) in [5.74, 6) is 0.521. The van der Waals surface area contributed by atoms with Crippen LogP contribution in [0.25, 0.3) is 0 Å². The van der Waals surface area contributed by atoms with Crippen molar-refractivity contribution in [3.05, 3.63) is 33.3 Å². The Labute approximate surface area is 114 Å². The second-order valence-corrected chi connectivity index (χ2v) is 5.24. The first-order chi connectivity index (χ1) is 8.63. The third-order valence-corrected chi connectivity index (χ3v) is 4.34. The lowest BCUT2D eigenvalue weighted by molar-refractivity contribution is 0.0872. The molecule has 1 aromatic rings. The van der Waals surface area contributed by atoms with Crippen LogP contribution in [0.2, 0.25) is 10.0 Å². The van der Waals surface area contributed by atoms with Crippen molar-refractivity contribution >= 4 is 34.8 Å². The molecule has 0 bridgehead atoms. The number of carbonyl (C=O) groups excluding carboxylic acids is 1. The molecule has 1 N–H and O–H groups in total. The van der Waals surface area contributed by atoms with Gasteiger partial charge in [0.1, 0.15) is 5.84 Å². The molecular weight excluding hydrogens is 275 g/mol. The molecule has 1 aromatic carbocycles. The standard InChI is InChI=1S/C12H10Cl2N2O2/c13-7-2-1-6-5-16-8(3-4-9(16)15-18)12(17)10(6)11(7)14/h1-2,8,18H,3-5H2. The molecule has 0 aromatic heterocycles. The Bertz CT molecular complexity index is 571. The van der Waals surface area contributed by atoms with E-state index >= 15 is 0 Å². The molecule has 2 heterocycles. The number of hydrogen-bond acceptors (Lipinski definition) is 3. The van der Waals surface area contributed by atoms with E-state index in [1.165, 1.54) is 0 Å². The molecule has 1 unspecified atom stereocenters. The van der Waals surface area contributed by atoms with E-state index in [1.54, 1.807) is 12.1 Å². The molecule has 2 aliphatic rings. The Balaban J connectivity index is 2.13. The van der Waals surface area contributed by atoms with Crippen molar-refractivity contribution in [2.75, 3.05) is 0 Å². The minimum atomic E-state index is -0.278. The quantitative estimate of drug-likeness (QED) is 0.589. The normalized spacial score (nSPS) is 24.3. The first-order valence-electron chi connectivity index (χ1n) is 5.62. The lowest BCUT2D eigenvalue weighted by Gasteiger charge is -2.32. The van der Waals surface area contributed by atoms with Crippen LogP contribution >= 0.6 is 23.2 Å². The highest BCUT2D eigenvalue weighted by Gasteiger charge is 2.41. The molecule has 18 heavy (non-hydrogen) atoms. The molecule has 6 heteroatoms. The van der Waals surface area contributed by atoms with Gasteiger partial charge in [0, 0.05) is 18.5 Å². The van der Waals surface area contributed by atoms with Gasteiger partial charge in [0.05, 0.1) is 16.1 Å². The van der Waals surface area contributed by atoms with Crippen molar-refractivity contribution < 1.29 is 10.0 Å². The number of fused-ring (bicyclic) bond motifs is 2. The minimum Gasteiger partial charge on any atom is -0.409 e. The zero-order valence-corrected chi connectivity index (χ0v) is 10.9. The maximum atomic E-state index is 12.4. The second-order valence-electron chi connectivity index (χ2n) is 4.46. The van der Waals surface area contributed by atoms with E-state index < -0.39 is 0 Å². The fourth-order valence-corrected chi connectivity index (χ4v) is 3.10. The Morgan fingerprint density at radius 2 is 2.17 bits per heavy atom. The summed E-state index contributed by atoms with van der Waals surface area (Å²) in [7, 11) is 0. The van der Waals surface area contributed by atoms with Crippen molar-refractivity contribution in [3.63, 3.8) is 0 Å². The number of benzene rings is 1. The highest BCUT2D eigenvalue weighted by atomic mass is 35.5. The predicted molar refractivity (Wildman–Crippen MR) is 68.6 cm³/mol. The Hall–Kier alpha value is -1.26. The van der Waals surface area contributed by atoms with E-state index in [9.17, 15) is 4.79 Å². The molecule has 1 atom stereocenters. The van der Waals surface area contributed by atoms with Crippen LogP contribution in [0.5, 0.6) is 0 Å². The SMILES string of the molecule is O=C1c2c(ccc(Cl)c2Cl)CN2C(=NO)CCC12. The van der Waals surface area contributed by atoms with Gasteiger partial charge in [-0.1, -0.05) is 34.4 Å². The first-order valence-corrected chi connectivity index (χ1v) is 6.37. The van der Waals surface area contributed by atoms with Crippen LogP contribution in [0.15, 0.2) is 17.3 Å². The third-order valence-electron chi connectivity index (χ3n) is 3.54. The van der Waals surface area contributed by atoms with Gasteiger partial charge in [0.2, 0.25) is 0 Å². The van der Waals surface area contributed by atoms with E-state index in [2.05, 4.69) is 5.16 Å². The van der Waals surface area contributed by atoms with Crippen LogP contribution in [0.3, 0.4) is 0 Å². The molecule has 4 nitrogen and oxygen atoms in total. The average Bonchev–Trinajstić information content (AvgIpc) is 2.77. The Morgan fingerprint density at radius 3 is 2.89 bits per heavy atom. The van der Waals surface area contributed by atoms with Crippen molar-refractivity contribution in [2.45, 2.75) is 25.4 Å². The molecule has 0 saturated carbocycles. The summed E-state index contributed by atoms with van der Waals surface area (Å²) >= 11 is 12.1. The van der Waals surface area contributed by atoms with E-state index in [-0.39, 0.29) is 11.8 Å². The first kappa shape index (κ1) is 11.8. The number of halogens is 2. The molecular formula is C12H10Cl2N2O2. The number of oxime groups is 1. The van der Waals surface area contributed by atoms with Gasteiger partial charge in [-0.25, -0.2) is 0 Å². The van der Waals surface area contributed by atoms with Crippen LogP contribution in [0.1, 0.15) is 28.8 Å². The van der Waals surface area contributed by atoms with Crippen LogP contribution in [-0.2, 0) is 6.54 Å². The van der Waals surface area contributed by atoms with Gasteiger partial charge in [-0.3, -0.25) is 4.79 Å². The summed E-state index contributed by atoms with van der Waals surface area (Å²) < 4.78 is 0. The molecule has 0 spiro atoms. The van der Waals surface area contributed by atoms with E-state index in [1.807, 2.05) is 4.90 Å². The van der Waals surface area contributed by atoms with Gasteiger partial charge in [-0.05, 0) is 18.1 Å². The number of nitrogens with zero attached hydrogens (tertiary/aromatic N) is 2. The maximum absolute atomic E-state index is 12.4. The number of Topliss-reactive ketones (excluding diaryl/α,β-unsaturated/α-hetero) is 1. The van der Waals surface area contributed by atoms with Gasteiger partial charge < -0.3 is 10.1 Å². The molecule has 1 saturated heterocycles. The summed E-state index contributed by atoms with van der Waals surface area (Å²) in [5.41, 5.74) is 1.35. The molecule has 2 aliphatic heterocycles. The molecule has 0 radical (unpaired) electrons. The monoisotopic (exact) mass is 284 g/mol. The van der Waals surface area contributed by atoms with Gasteiger partial charge in [-0.15, -0.1) is 0 Å². The number of amidine groups is 1. The van der Waals surface area contributed by atoms with Crippen LogP contribution < -0.4 is 0 Å². The Kier molecular flexibility index (Phi) is 2.72. The number of hydrogen-bond donors (Lipinski definition) is 1. The lowest BCUT2D eigenvalue weighted by atomic mass is 9.93. The summed E-state index contributed by atoms with van der Waals surface area (Å²) in [6.45, 7) is 0.530. The van der Waals surface area contributed by atoms with E-state index in [0.717, 1.165) is 5.56 Å². The topological polar surface area (TPSA) is 52.9 Å². The smallest absolute Gasteiger partial charge is 0.187 e. The van der Waals surface area contributed by atoms with Crippen molar-refractivity contribution in [3.8, 4) is 0 Å². The van der Waals surface area contributed by atoms with Gasteiger partial charge >= 0.3 is 0 Å². The minimum absolute atomic E-state index is 0.0394. The fraction of sp³-hybridized carbons (Fsp3) is 0.333. The van der Waals surface area contributed by atoms with Crippen molar-refractivity contribution in [1.82, 2.24) is 4.90 Å². The van der Waals surface area contributed by atoms with Gasteiger partial charge in [0.25, 0.3) is 0 Å². The molecule has 94 valence electrons. The predicted octanol–water partition coefficient (Wildman–Crippen LogP) is 2.94. The van der Waals surface area contributed by atoms with Crippen LogP contribution in [0, 0.1) is 0 Å². The summed E-state index contributed by atoms with van der Waals surface area (Å²) in [5, 5.41) is 12.9. The lowest BCUT2D eigenvalue weighted by Crippen LogP contribution is -2.42. The average molecular weight is 285 g/mol. The molecule has 3 rings (SSSR count). The summed E-state index contributed by atoms with van der Waals surface area (Å²) in [4.78, 5) is 14.2. The van der Waals surface area contributed by atoms with Crippen LogP contribution in [0.4, 0.5) is 0 Å². The maximum Gasteiger partial charge on any atom is 0.187 e. The van der Waals surface area contributed by atoms with Gasteiger partial charge in [0.15, 0.2) is 5.78 Å². The fourth-order valence-electron chi connectivity index (χ4n) is 2.67. The van der Waals surface area contributed by atoms with Crippen molar-refractivity contribution in [2.24, 2.45) is 5.16 Å². The third kappa shape index (κ3) is 1.52. The highest BCUT2D eigenvalue weighted by Crippen LogP contribution is 2.37. The number of rotatable bonds is 0. The molecule has 0 aliphatic carbocycles. The highest BCUT2D eigenvalue weighted by molar-refractivity contribution is 6.44. The van der Waals surface area contributed by atoms with Gasteiger partial charge in [-0.2, -0.15) is 0 Å². The van der Waals surface area contributed by atoms with E-state index in [4.69, 9.17) is 28.4 Å². The Morgan fingerprint density at radius 1 is 1.39 bits per heavy atom.